The average Bonchev–Trinajstić information content (AvgIpc) is 2.92. The van der Waals surface area contributed by atoms with Gasteiger partial charge in [0.05, 0.1) is 6.10 Å². The van der Waals surface area contributed by atoms with E-state index in [1.54, 1.807) is 11.4 Å². The lowest BCUT2D eigenvalue weighted by atomic mass is 9.71. The fraction of sp³-hybridized carbons (Fsp3) is 1.00. The van der Waals surface area contributed by atoms with Gasteiger partial charge >= 0.3 is 0 Å². The summed E-state index contributed by atoms with van der Waals surface area (Å²) in [5.41, 5.74) is 0. The van der Waals surface area contributed by atoms with Crippen LogP contribution in [-0.2, 0) is 0 Å². The Bertz CT molecular complexity index is 236. The van der Waals surface area contributed by atoms with Crippen molar-refractivity contribution in [2.75, 3.05) is 0 Å². The molecule has 0 aromatic carbocycles. The van der Waals surface area contributed by atoms with Crippen LogP contribution in [0.4, 0.5) is 0 Å². The Hall–Kier alpha value is 0.700. The van der Waals surface area contributed by atoms with Gasteiger partial charge in [0.2, 0.25) is 0 Å². The Balaban J connectivity index is 1.58. The molecule has 0 spiro atoms. The van der Waals surface area contributed by atoms with Crippen molar-refractivity contribution in [1.82, 2.24) is 5.32 Å². The molecule has 3 fully saturated rings. The summed E-state index contributed by atoms with van der Waals surface area (Å²) in [4.78, 5) is 0. The second kappa shape index (κ2) is 3.62. The second-order valence-corrected chi connectivity index (χ2v) is 6.71. The van der Waals surface area contributed by atoms with Crippen molar-refractivity contribution in [3.63, 3.8) is 0 Å². The zero-order valence-electron chi connectivity index (χ0n) is 8.23. The fourth-order valence-corrected chi connectivity index (χ4v) is 4.55. The largest absolute Gasteiger partial charge is 0.392 e. The molecular weight excluding hydrogens is 213 g/mol. The predicted molar refractivity (Wildman–Crippen MR) is 63.3 cm³/mol. The molecule has 14 heavy (non-hydrogen) atoms. The number of hydrogen-bond donors (Lipinski definition) is 2. The van der Waals surface area contributed by atoms with Crippen LogP contribution in [-0.4, -0.2) is 28.5 Å². The summed E-state index contributed by atoms with van der Waals surface area (Å²) in [7, 11) is 2.70. The van der Waals surface area contributed by atoms with Crippen molar-refractivity contribution in [1.29, 1.82) is 0 Å². The first kappa shape index (κ1) is 9.89. The first-order valence-corrected chi connectivity index (χ1v) is 7.95. The molecule has 0 saturated heterocycles. The smallest absolute Gasteiger partial charge is 0.0693 e. The molecule has 0 bridgehead atoms. The molecule has 0 aromatic heterocycles. The van der Waals surface area contributed by atoms with E-state index in [0.717, 1.165) is 18.0 Å². The zero-order valence-corrected chi connectivity index (χ0v) is 10.2. The van der Waals surface area contributed by atoms with Crippen LogP contribution in [0.2, 0.25) is 0 Å². The SMILES string of the molecule is O[C@@H]1C2C[C@@H](NC3CC3)[C@H]2C[C@H]1SP. The number of fused-ring (bicyclic) bond motifs is 1. The third-order valence-corrected chi connectivity index (χ3v) is 5.99. The van der Waals surface area contributed by atoms with Gasteiger partial charge in [-0.05, 0) is 37.5 Å². The maximum Gasteiger partial charge on any atom is 0.0693 e. The lowest BCUT2D eigenvalue weighted by molar-refractivity contribution is 0.0384. The molecule has 2 N–H and O–H groups in total. The van der Waals surface area contributed by atoms with Gasteiger partial charge in [0.15, 0.2) is 0 Å². The van der Waals surface area contributed by atoms with Crippen molar-refractivity contribution in [2.24, 2.45) is 11.8 Å². The van der Waals surface area contributed by atoms with Gasteiger partial charge in [-0.2, -0.15) is 0 Å². The molecule has 3 aliphatic carbocycles. The highest BCUT2D eigenvalue weighted by Crippen LogP contribution is 2.52. The molecule has 3 rings (SSSR count). The van der Waals surface area contributed by atoms with Crippen molar-refractivity contribution < 1.29 is 5.11 Å². The molecule has 2 nitrogen and oxygen atoms in total. The second-order valence-electron chi connectivity index (χ2n) is 5.01. The van der Waals surface area contributed by atoms with Gasteiger partial charge in [-0.3, -0.25) is 0 Å². The van der Waals surface area contributed by atoms with Crippen molar-refractivity contribution in [2.45, 2.75) is 49.1 Å². The van der Waals surface area contributed by atoms with Gasteiger partial charge in [-0.1, -0.05) is 8.44 Å². The van der Waals surface area contributed by atoms with Gasteiger partial charge in [0.25, 0.3) is 0 Å². The van der Waals surface area contributed by atoms with Crippen molar-refractivity contribution in [3.05, 3.63) is 0 Å². The molecule has 3 saturated carbocycles. The third-order valence-electron chi connectivity index (χ3n) is 4.12. The summed E-state index contributed by atoms with van der Waals surface area (Å²) < 4.78 is 0. The first-order valence-electron chi connectivity index (χ1n) is 5.59. The monoisotopic (exact) mass is 231 g/mol. The molecule has 80 valence electrons. The van der Waals surface area contributed by atoms with Crippen molar-refractivity contribution >= 4 is 19.8 Å². The summed E-state index contributed by atoms with van der Waals surface area (Å²) in [6.07, 6.45) is 5.13. The van der Waals surface area contributed by atoms with E-state index in [0.29, 0.717) is 11.2 Å². The lowest BCUT2D eigenvalue weighted by Crippen LogP contribution is -2.51. The zero-order chi connectivity index (χ0) is 9.71. The molecule has 4 heteroatoms. The van der Waals surface area contributed by atoms with Crippen LogP contribution < -0.4 is 5.32 Å². The van der Waals surface area contributed by atoms with E-state index in [1.165, 1.54) is 25.7 Å². The highest BCUT2D eigenvalue weighted by atomic mass is 32.7. The topological polar surface area (TPSA) is 32.3 Å². The standard InChI is InChI=1S/C10H18NOPS/c12-10-7-3-8(11-5-1-2-5)6(7)4-9(10)14-13/h5-12H,1-4,13H2/t6-,7?,8+,9+,10+/m0/s1. The molecule has 0 aliphatic heterocycles. The minimum atomic E-state index is -0.0419. The first-order chi connectivity index (χ1) is 6.79. The van der Waals surface area contributed by atoms with Gasteiger partial charge in [-0.25, -0.2) is 0 Å². The molecule has 0 amide bonds. The maximum absolute atomic E-state index is 9.98. The summed E-state index contributed by atoms with van der Waals surface area (Å²) in [6.45, 7) is 0. The summed E-state index contributed by atoms with van der Waals surface area (Å²) in [5, 5.41) is 14.2. The van der Waals surface area contributed by atoms with Crippen molar-refractivity contribution in [3.8, 4) is 0 Å². The Morgan fingerprint density at radius 2 is 2.00 bits per heavy atom. The summed E-state index contributed by atoms with van der Waals surface area (Å²) in [5.74, 6) is 1.37. The van der Waals surface area contributed by atoms with Crippen LogP contribution in [0.15, 0.2) is 0 Å². The van der Waals surface area contributed by atoms with Crippen LogP contribution in [0, 0.1) is 11.8 Å². The van der Waals surface area contributed by atoms with Gasteiger partial charge in [-0.15, -0.1) is 11.4 Å². The van der Waals surface area contributed by atoms with Crippen LogP contribution in [0.25, 0.3) is 0 Å². The molecular formula is C10H18NOPS. The molecule has 0 heterocycles. The Labute approximate surface area is 91.6 Å². The van der Waals surface area contributed by atoms with Crippen LogP contribution >= 0.6 is 19.8 Å². The number of nitrogens with one attached hydrogen (secondary N) is 1. The number of hydrogen-bond acceptors (Lipinski definition) is 3. The number of rotatable bonds is 3. The van der Waals surface area contributed by atoms with Gasteiger partial charge in [0, 0.05) is 17.3 Å². The van der Waals surface area contributed by atoms with E-state index in [9.17, 15) is 5.11 Å². The number of aliphatic hydroxyl groups is 1. The van der Waals surface area contributed by atoms with E-state index in [4.69, 9.17) is 0 Å². The molecule has 6 atom stereocenters. The van der Waals surface area contributed by atoms with Gasteiger partial charge < -0.3 is 10.4 Å². The van der Waals surface area contributed by atoms with Gasteiger partial charge in [0.1, 0.15) is 0 Å². The molecule has 0 aromatic rings. The quantitative estimate of drug-likeness (QED) is 0.720. The summed E-state index contributed by atoms with van der Waals surface area (Å²) in [6, 6.07) is 1.55. The van der Waals surface area contributed by atoms with Crippen LogP contribution in [0.1, 0.15) is 25.7 Å². The Kier molecular flexibility index (Phi) is 2.56. The maximum atomic E-state index is 9.98. The highest BCUT2D eigenvalue weighted by molar-refractivity contribution is 8.44. The van der Waals surface area contributed by atoms with E-state index >= 15 is 0 Å². The van der Waals surface area contributed by atoms with Crippen LogP contribution in [0.3, 0.4) is 0 Å². The van der Waals surface area contributed by atoms with E-state index < -0.39 is 0 Å². The van der Waals surface area contributed by atoms with E-state index in [1.807, 2.05) is 0 Å². The Morgan fingerprint density at radius 1 is 1.21 bits per heavy atom. The predicted octanol–water partition coefficient (Wildman–Crippen LogP) is 1.40. The Morgan fingerprint density at radius 3 is 2.64 bits per heavy atom. The highest BCUT2D eigenvalue weighted by Gasteiger charge is 2.53. The molecule has 0 radical (unpaired) electrons. The average molecular weight is 231 g/mol. The number of aliphatic hydroxyl groups excluding tert-OH is 1. The molecule has 3 aliphatic rings. The lowest BCUT2D eigenvalue weighted by Gasteiger charge is -2.42. The van der Waals surface area contributed by atoms with E-state index in [2.05, 4.69) is 13.8 Å². The normalized spacial score (nSPS) is 51.4. The summed E-state index contributed by atoms with van der Waals surface area (Å²) >= 11 is 1.76. The van der Waals surface area contributed by atoms with Crippen LogP contribution in [0.5, 0.6) is 0 Å². The third kappa shape index (κ3) is 1.53. The molecule has 2 unspecified atom stereocenters. The minimum Gasteiger partial charge on any atom is -0.392 e. The van der Waals surface area contributed by atoms with E-state index in [-0.39, 0.29) is 6.10 Å². The minimum absolute atomic E-state index is 0.0419. The fourth-order valence-electron chi connectivity index (χ4n) is 3.04.